The van der Waals surface area contributed by atoms with E-state index < -0.39 is 0 Å². The highest BCUT2D eigenvalue weighted by Gasteiger charge is 1.95. The molecule has 0 amide bonds. The van der Waals surface area contributed by atoms with E-state index in [-0.39, 0.29) is 0 Å². The quantitative estimate of drug-likeness (QED) is 0.439. The molecule has 2 bridgehead atoms. The summed E-state index contributed by atoms with van der Waals surface area (Å²) >= 11 is 1.76. The van der Waals surface area contributed by atoms with Crippen LogP contribution in [0.2, 0.25) is 0 Å². The highest BCUT2D eigenvalue weighted by Crippen LogP contribution is 2.26. The molecule has 0 saturated carbocycles. The van der Waals surface area contributed by atoms with Gasteiger partial charge in [-0.25, -0.2) is 0 Å². The van der Waals surface area contributed by atoms with Crippen LogP contribution in [0.3, 0.4) is 0 Å². The van der Waals surface area contributed by atoms with Crippen molar-refractivity contribution in [3.63, 3.8) is 0 Å². The van der Waals surface area contributed by atoms with Gasteiger partial charge in [0.25, 0.3) is 0 Å². The lowest BCUT2D eigenvalue weighted by molar-refractivity contribution is 0.592. The Morgan fingerprint density at radius 1 is 0.821 bits per heavy atom. The van der Waals surface area contributed by atoms with Crippen molar-refractivity contribution in [1.82, 2.24) is 4.98 Å². The van der Waals surface area contributed by atoms with Gasteiger partial charge in [0.2, 0.25) is 0 Å². The molecule has 5 aromatic rings. The van der Waals surface area contributed by atoms with E-state index in [2.05, 4.69) is 36.2 Å². The fraction of sp³-hybridized carbons (Fsp3) is 0.0417. The molecule has 0 unspecified atom stereocenters. The van der Waals surface area contributed by atoms with Gasteiger partial charge in [-0.1, -0.05) is 53.7 Å². The number of pyridine rings is 1. The maximum atomic E-state index is 5.57. The topological polar surface area (TPSA) is 52.0 Å². The summed E-state index contributed by atoms with van der Waals surface area (Å²) in [5.74, 6) is 0.733. The lowest BCUT2D eigenvalue weighted by atomic mass is 10.2. The van der Waals surface area contributed by atoms with Crippen molar-refractivity contribution in [3.05, 3.63) is 109 Å². The zero-order valence-electron chi connectivity index (χ0n) is 15.7. The molecule has 0 spiro atoms. The fourth-order valence-corrected chi connectivity index (χ4v) is 3.21. The summed E-state index contributed by atoms with van der Waals surface area (Å²) < 4.78 is 5.57. The van der Waals surface area contributed by atoms with Crippen molar-refractivity contribution in [2.75, 3.05) is 0 Å². The Morgan fingerprint density at radius 3 is 2.18 bits per heavy atom. The van der Waals surface area contributed by atoms with Crippen LogP contribution in [0.5, 0.6) is 0 Å². The van der Waals surface area contributed by atoms with Gasteiger partial charge in [-0.3, -0.25) is 4.98 Å². The highest BCUT2D eigenvalue weighted by atomic mass is 32.2. The summed E-state index contributed by atoms with van der Waals surface area (Å²) in [6.45, 7) is 2.10. The molecule has 0 aliphatic carbocycles. The fourth-order valence-electron chi connectivity index (χ4n) is 2.40. The predicted octanol–water partition coefficient (Wildman–Crippen LogP) is 6.47. The first kappa shape index (κ1) is 19.5. The minimum absolute atomic E-state index is 0.733. The van der Waals surface area contributed by atoms with E-state index in [0.717, 1.165) is 16.7 Å². The Labute approximate surface area is 169 Å². The second kappa shape index (κ2) is 10.2. The third-order valence-corrected chi connectivity index (χ3v) is 4.85. The molecule has 2 aromatic carbocycles. The highest BCUT2D eigenvalue weighted by molar-refractivity contribution is 7.99. The van der Waals surface area contributed by atoms with Crippen molar-refractivity contribution in [3.8, 4) is 0 Å². The SMILES string of the molecule is Cc1ccc(Sc2ccncc2)cc1.N/C=C\c1cccc2ccc(cc2)o1. The first-order valence-corrected chi connectivity index (χ1v) is 9.74. The van der Waals surface area contributed by atoms with E-state index in [1.165, 1.54) is 21.6 Å². The van der Waals surface area contributed by atoms with Crippen LogP contribution >= 0.6 is 11.8 Å². The van der Waals surface area contributed by atoms with Crippen LogP contribution in [0.4, 0.5) is 0 Å². The van der Waals surface area contributed by atoms with E-state index in [4.69, 9.17) is 10.2 Å². The number of aromatic nitrogens is 1. The van der Waals surface area contributed by atoms with E-state index in [9.17, 15) is 0 Å². The van der Waals surface area contributed by atoms with Crippen LogP contribution in [-0.4, -0.2) is 4.98 Å². The summed E-state index contributed by atoms with van der Waals surface area (Å²) in [6.07, 6.45) is 6.82. The van der Waals surface area contributed by atoms with Crippen LogP contribution in [0, 0.1) is 6.92 Å². The zero-order valence-corrected chi connectivity index (χ0v) is 16.5. The lowest BCUT2D eigenvalue weighted by Gasteiger charge is -2.00. The average molecular weight is 387 g/mol. The number of rotatable bonds is 3. The van der Waals surface area contributed by atoms with E-state index >= 15 is 0 Å². The molecule has 0 atom stereocenters. The predicted molar refractivity (Wildman–Crippen MR) is 118 cm³/mol. The van der Waals surface area contributed by atoms with Crippen LogP contribution in [0.15, 0.2) is 112 Å². The van der Waals surface area contributed by atoms with Gasteiger partial charge in [-0.05, 0) is 67.1 Å². The van der Waals surface area contributed by atoms with Gasteiger partial charge in [0.05, 0.1) is 0 Å². The lowest BCUT2D eigenvalue weighted by Crippen LogP contribution is -1.75. The zero-order chi connectivity index (χ0) is 19.6. The minimum Gasteiger partial charge on any atom is -0.457 e. The molecule has 0 aliphatic heterocycles. The van der Waals surface area contributed by atoms with Crippen molar-refractivity contribution >= 4 is 28.8 Å². The number of fused-ring (bicyclic) bond motifs is 6. The summed E-state index contributed by atoms with van der Waals surface area (Å²) in [5.41, 5.74) is 7.43. The molecular weight excluding hydrogens is 364 g/mol. The Balaban J connectivity index is 0.000000161. The number of hydrogen-bond acceptors (Lipinski definition) is 4. The first-order valence-electron chi connectivity index (χ1n) is 8.92. The summed E-state index contributed by atoms with van der Waals surface area (Å²) in [4.78, 5) is 6.48. The minimum atomic E-state index is 0.733. The summed E-state index contributed by atoms with van der Waals surface area (Å²) in [5, 5.41) is 1.16. The smallest absolute Gasteiger partial charge is 0.128 e. The van der Waals surface area contributed by atoms with Crippen molar-refractivity contribution in [2.24, 2.45) is 5.73 Å². The van der Waals surface area contributed by atoms with E-state index in [1.807, 2.05) is 67.0 Å². The molecule has 0 fully saturated rings. The average Bonchev–Trinajstić information content (AvgIpc) is 2.88. The molecule has 2 N–H and O–H groups in total. The van der Waals surface area contributed by atoms with E-state index in [1.54, 1.807) is 17.8 Å². The number of nitrogens with two attached hydrogens (primary N) is 1. The monoisotopic (exact) mass is 386 g/mol. The van der Waals surface area contributed by atoms with Gasteiger partial charge >= 0.3 is 0 Å². The molecule has 3 nitrogen and oxygen atoms in total. The van der Waals surface area contributed by atoms with Gasteiger partial charge in [0.1, 0.15) is 11.3 Å². The van der Waals surface area contributed by atoms with Crippen molar-refractivity contribution in [2.45, 2.75) is 16.7 Å². The molecule has 28 heavy (non-hydrogen) atoms. The molecule has 3 aromatic heterocycles. The van der Waals surface area contributed by atoms with Crippen LogP contribution in [-0.2, 0) is 0 Å². The third-order valence-electron chi connectivity index (χ3n) is 3.83. The van der Waals surface area contributed by atoms with Gasteiger partial charge in [-0.2, -0.15) is 0 Å². The Kier molecular flexibility index (Phi) is 7.10. The van der Waals surface area contributed by atoms with Gasteiger partial charge < -0.3 is 10.2 Å². The Bertz CT molecular complexity index is 1030. The van der Waals surface area contributed by atoms with Crippen LogP contribution in [0.25, 0.3) is 17.0 Å². The molecule has 0 saturated heterocycles. The van der Waals surface area contributed by atoms with Crippen LogP contribution in [0.1, 0.15) is 11.3 Å². The molecule has 140 valence electrons. The van der Waals surface area contributed by atoms with Crippen molar-refractivity contribution in [1.29, 1.82) is 0 Å². The largest absolute Gasteiger partial charge is 0.457 e. The van der Waals surface area contributed by atoms with Gasteiger partial charge in [0, 0.05) is 22.2 Å². The second-order valence-corrected chi connectivity index (χ2v) is 7.20. The number of hydrogen-bond donors (Lipinski definition) is 1. The second-order valence-electron chi connectivity index (χ2n) is 6.06. The van der Waals surface area contributed by atoms with Gasteiger partial charge in [-0.15, -0.1) is 0 Å². The normalized spacial score (nSPS) is 10.5. The van der Waals surface area contributed by atoms with E-state index in [0.29, 0.717) is 0 Å². The molecular formula is C24H22N2OS. The number of benzene rings is 2. The number of aryl methyl sites for hydroxylation is 1. The molecule has 0 aliphatic rings. The third kappa shape index (κ3) is 6.18. The standard InChI is InChI=1S/C12H11NO.C12H11NS/c13-9-8-11-3-1-2-10-4-6-12(14-11)7-5-10;1-10-2-4-11(5-3-10)14-12-6-8-13-9-7-12/h1-9H,13H2;2-9H,1H3/b2-1?,9-8-,11-3?;. The summed E-state index contributed by atoms with van der Waals surface area (Å²) in [7, 11) is 0. The summed E-state index contributed by atoms with van der Waals surface area (Å²) in [6, 6.07) is 26.3. The maximum absolute atomic E-state index is 5.57. The Morgan fingerprint density at radius 2 is 1.50 bits per heavy atom. The molecule has 0 radical (unpaired) electrons. The molecule has 5 rings (SSSR count). The first-order chi connectivity index (χ1) is 13.7. The molecule has 3 heterocycles. The van der Waals surface area contributed by atoms with Gasteiger partial charge in [0.15, 0.2) is 0 Å². The molecule has 4 heteroatoms. The Hall–Kier alpha value is -3.24. The number of nitrogens with zero attached hydrogens (tertiary/aromatic N) is 1. The maximum Gasteiger partial charge on any atom is 0.128 e. The van der Waals surface area contributed by atoms with Crippen molar-refractivity contribution < 1.29 is 4.42 Å². The van der Waals surface area contributed by atoms with Crippen LogP contribution < -0.4 is 5.73 Å².